The molecule has 1 aliphatic carbocycles. The van der Waals surface area contributed by atoms with Crippen LogP contribution in [0, 0.1) is 5.92 Å². The van der Waals surface area contributed by atoms with Crippen molar-refractivity contribution in [1.82, 2.24) is 9.88 Å². The van der Waals surface area contributed by atoms with Gasteiger partial charge in [0.1, 0.15) is 0 Å². The Morgan fingerprint density at radius 3 is 2.72 bits per heavy atom. The van der Waals surface area contributed by atoms with Gasteiger partial charge >= 0.3 is 0 Å². The quantitative estimate of drug-likeness (QED) is 0.683. The van der Waals surface area contributed by atoms with E-state index in [1.807, 2.05) is 12.3 Å². The Balaban J connectivity index is 1.42. The average molecular weight is 328 g/mol. The average Bonchev–Trinajstić information content (AvgIpc) is 2.62. The third-order valence-corrected chi connectivity index (χ3v) is 6.06. The van der Waals surface area contributed by atoms with E-state index in [-0.39, 0.29) is 0 Å². The van der Waals surface area contributed by atoms with Crippen LogP contribution in [0.3, 0.4) is 0 Å². The van der Waals surface area contributed by atoms with Crippen molar-refractivity contribution in [2.75, 3.05) is 6.54 Å². The number of aromatic nitrogens is 1. The summed E-state index contributed by atoms with van der Waals surface area (Å²) in [5, 5.41) is 1.23. The molecule has 25 heavy (non-hydrogen) atoms. The summed E-state index contributed by atoms with van der Waals surface area (Å²) in [6.45, 7) is 2.29. The van der Waals surface area contributed by atoms with Crippen molar-refractivity contribution in [3.63, 3.8) is 0 Å². The fraction of sp³-hybridized carbons (Fsp3) is 0.348. The fourth-order valence-electron chi connectivity index (χ4n) is 4.74. The third kappa shape index (κ3) is 2.96. The van der Waals surface area contributed by atoms with Gasteiger partial charge in [-0.25, -0.2) is 0 Å². The predicted octanol–water partition coefficient (Wildman–Crippen LogP) is 4.61. The molecule has 1 fully saturated rings. The van der Waals surface area contributed by atoms with Crippen LogP contribution in [0.4, 0.5) is 0 Å². The third-order valence-electron chi connectivity index (χ3n) is 6.06. The number of benzene rings is 2. The van der Waals surface area contributed by atoms with E-state index < -0.39 is 0 Å². The van der Waals surface area contributed by atoms with E-state index in [4.69, 9.17) is 0 Å². The van der Waals surface area contributed by atoms with E-state index in [9.17, 15) is 0 Å². The Morgan fingerprint density at radius 1 is 0.920 bits per heavy atom. The molecule has 6 rings (SSSR count). The number of hydrogen-bond donors (Lipinski definition) is 0. The van der Waals surface area contributed by atoms with Crippen LogP contribution in [0.1, 0.15) is 29.5 Å². The largest absolute Gasteiger partial charge is 0.296 e. The Kier molecular flexibility index (Phi) is 3.79. The molecule has 3 heterocycles. The van der Waals surface area contributed by atoms with Gasteiger partial charge in [-0.2, -0.15) is 0 Å². The van der Waals surface area contributed by atoms with Gasteiger partial charge < -0.3 is 0 Å². The molecule has 3 aliphatic rings. The minimum atomic E-state index is 0.678. The molecule has 0 saturated carbocycles. The van der Waals surface area contributed by atoms with Gasteiger partial charge in [0.2, 0.25) is 0 Å². The summed E-state index contributed by atoms with van der Waals surface area (Å²) in [4.78, 5) is 7.26. The van der Waals surface area contributed by atoms with Crippen molar-refractivity contribution >= 4 is 10.9 Å². The first-order valence-electron chi connectivity index (χ1n) is 9.50. The summed E-state index contributed by atoms with van der Waals surface area (Å²) in [5.74, 6) is 0.802. The molecule has 2 heteroatoms. The molecule has 0 unspecified atom stereocenters. The first-order chi connectivity index (χ1) is 12.3. The minimum absolute atomic E-state index is 0.678. The van der Waals surface area contributed by atoms with Gasteiger partial charge in [-0.1, -0.05) is 42.5 Å². The molecule has 3 aromatic rings. The maximum absolute atomic E-state index is 4.53. The zero-order valence-corrected chi connectivity index (χ0v) is 14.6. The smallest absolute Gasteiger partial charge is 0.0705 e. The second-order valence-corrected chi connectivity index (χ2v) is 7.73. The van der Waals surface area contributed by atoms with Crippen LogP contribution in [0.15, 0.2) is 60.8 Å². The molecule has 2 bridgehead atoms. The monoisotopic (exact) mass is 328 g/mol. The molecular weight excluding hydrogens is 304 g/mol. The highest BCUT2D eigenvalue weighted by Crippen LogP contribution is 2.33. The normalized spacial score (nSPS) is 23.2. The van der Waals surface area contributed by atoms with E-state index in [1.165, 1.54) is 43.2 Å². The maximum atomic E-state index is 4.53. The molecule has 0 spiro atoms. The standard InChI is InChI=1S/C23H24N2/c1-2-5-21-14-22-10-8-17(12-20(21)4-1)15-25(22)16-18-7-9-19-6-3-11-24-23(19)13-18/h1-7,9,11,13,17,22H,8,10,12,14-16H2/t17-,22-/m1/s1. The van der Waals surface area contributed by atoms with Crippen molar-refractivity contribution in [3.8, 4) is 0 Å². The molecule has 0 N–H and O–H groups in total. The number of piperidine rings is 1. The summed E-state index contributed by atoms with van der Waals surface area (Å²) in [6, 6.07) is 20.7. The van der Waals surface area contributed by atoms with Gasteiger partial charge in [-0.15, -0.1) is 0 Å². The maximum Gasteiger partial charge on any atom is 0.0705 e. The summed E-state index contributed by atoms with van der Waals surface area (Å²) >= 11 is 0. The number of hydrogen-bond acceptors (Lipinski definition) is 2. The second-order valence-electron chi connectivity index (χ2n) is 7.73. The van der Waals surface area contributed by atoms with Gasteiger partial charge in [0.15, 0.2) is 0 Å². The van der Waals surface area contributed by atoms with Crippen LogP contribution in [0.2, 0.25) is 0 Å². The molecule has 0 radical (unpaired) electrons. The molecular formula is C23H24N2. The summed E-state index contributed by atoms with van der Waals surface area (Å²) in [7, 11) is 0. The van der Waals surface area contributed by atoms with Crippen molar-refractivity contribution in [1.29, 1.82) is 0 Å². The van der Waals surface area contributed by atoms with Crippen molar-refractivity contribution in [3.05, 3.63) is 77.5 Å². The van der Waals surface area contributed by atoms with Crippen molar-refractivity contribution < 1.29 is 0 Å². The minimum Gasteiger partial charge on any atom is -0.296 e. The van der Waals surface area contributed by atoms with Gasteiger partial charge in [-0.3, -0.25) is 9.88 Å². The van der Waals surface area contributed by atoms with Gasteiger partial charge in [0.25, 0.3) is 0 Å². The predicted molar refractivity (Wildman–Crippen MR) is 103 cm³/mol. The number of pyridine rings is 1. The first kappa shape index (κ1) is 15.1. The van der Waals surface area contributed by atoms with Crippen LogP contribution < -0.4 is 0 Å². The first-order valence-corrected chi connectivity index (χ1v) is 9.50. The second kappa shape index (κ2) is 6.27. The van der Waals surface area contributed by atoms with E-state index in [0.717, 1.165) is 18.0 Å². The van der Waals surface area contributed by atoms with Gasteiger partial charge in [0, 0.05) is 30.7 Å². The SMILES string of the molecule is c1ccc2c(c1)C[C@H]1CC[C@H](C2)N(Cc2ccc3cccnc3c2)C1. The molecule has 2 atom stereocenters. The summed E-state index contributed by atoms with van der Waals surface area (Å²) in [5.41, 5.74) is 5.67. The number of fused-ring (bicyclic) bond motifs is 3. The lowest BCUT2D eigenvalue weighted by atomic mass is 9.80. The van der Waals surface area contributed by atoms with E-state index in [2.05, 4.69) is 58.4 Å². The highest BCUT2D eigenvalue weighted by atomic mass is 15.2. The number of rotatable bonds is 2. The highest BCUT2D eigenvalue weighted by Gasteiger charge is 2.31. The van der Waals surface area contributed by atoms with E-state index >= 15 is 0 Å². The zero-order chi connectivity index (χ0) is 16.6. The van der Waals surface area contributed by atoms with Crippen LogP contribution in [0.5, 0.6) is 0 Å². The van der Waals surface area contributed by atoms with Crippen molar-refractivity contribution in [2.45, 2.75) is 38.3 Å². The Bertz CT molecular complexity index is 901. The lowest BCUT2D eigenvalue weighted by Crippen LogP contribution is -2.46. The Hall–Kier alpha value is -2.19. The van der Waals surface area contributed by atoms with Gasteiger partial charge in [-0.05, 0) is 60.4 Å². The van der Waals surface area contributed by atoms with Crippen LogP contribution in [0.25, 0.3) is 10.9 Å². The molecule has 2 aliphatic heterocycles. The van der Waals surface area contributed by atoms with Gasteiger partial charge in [0.05, 0.1) is 5.52 Å². The molecule has 2 aromatic carbocycles. The summed E-state index contributed by atoms with van der Waals surface area (Å²) in [6.07, 6.45) is 7.06. The van der Waals surface area contributed by atoms with E-state index in [1.54, 1.807) is 11.1 Å². The molecule has 2 nitrogen and oxygen atoms in total. The van der Waals surface area contributed by atoms with Crippen LogP contribution in [-0.2, 0) is 19.4 Å². The van der Waals surface area contributed by atoms with Crippen LogP contribution in [-0.4, -0.2) is 22.5 Å². The highest BCUT2D eigenvalue weighted by molar-refractivity contribution is 5.78. The molecule has 0 amide bonds. The molecule has 1 aromatic heterocycles. The lowest BCUT2D eigenvalue weighted by molar-refractivity contribution is 0.0938. The van der Waals surface area contributed by atoms with E-state index in [0.29, 0.717) is 6.04 Å². The van der Waals surface area contributed by atoms with Crippen LogP contribution >= 0.6 is 0 Å². The topological polar surface area (TPSA) is 16.1 Å². The summed E-state index contributed by atoms with van der Waals surface area (Å²) < 4.78 is 0. The Labute approximate surface area is 149 Å². The fourth-order valence-corrected chi connectivity index (χ4v) is 4.74. The number of nitrogens with zero attached hydrogens (tertiary/aromatic N) is 2. The lowest BCUT2D eigenvalue weighted by Gasteiger charge is -2.42. The Morgan fingerprint density at radius 2 is 1.80 bits per heavy atom. The molecule has 1 saturated heterocycles. The zero-order valence-electron chi connectivity index (χ0n) is 14.6. The molecule has 126 valence electrons. The van der Waals surface area contributed by atoms with Crippen molar-refractivity contribution in [2.24, 2.45) is 5.92 Å².